The third-order valence-electron chi connectivity index (χ3n) is 3.99. The van der Waals surface area contributed by atoms with E-state index in [2.05, 4.69) is 46.2 Å². The number of hydrogen-bond donors (Lipinski definition) is 3. The number of anilines is 1. The van der Waals surface area contributed by atoms with Gasteiger partial charge in [0.2, 0.25) is 0 Å². The molecule has 24 heavy (non-hydrogen) atoms. The predicted octanol–water partition coefficient (Wildman–Crippen LogP) is 3.75. The number of aliphatic hydroxyl groups is 1. The largest absolute Gasteiger partial charge is 0.394 e. The van der Waals surface area contributed by atoms with Crippen LogP contribution in [0.1, 0.15) is 26.1 Å². The van der Waals surface area contributed by atoms with Crippen molar-refractivity contribution < 1.29 is 5.11 Å². The van der Waals surface area contributed by atoms with Crippen molar-refractivity contribution in [2.24, 2.45) is 5.92 Å². The molecule has 3 aromatic rings. The lowest BCUT2D eigenvalue weighted by Gasteiger charge is -2.19. The van der Waals surface area contributed by atoms with Gasteiger partial charge in [-0.25, -0.2) is 9.97 Å². The fourth-order valence-corrected chi connectivity index (χ4v) is 2.95. The molecule has 1 aromatic carbocycles. The van der Waals surface area contributed by atoms with Gasteiger partial charge in [-0.2, -0.15) is 0 Å². The van der Waals surface area contributed by atoms with Crippen LogP contribution in [0, 0.1) is 12.8 Å². The van der Waals surface area contributed by atoms with E-state index in [9.17, 15) is 5.11 Å². The number of hydrogen-bond acceptors (Lipinski definition) is 4. The number of aromatic amines is 1. The van der Waals surface area contributed by atoms with Crippen molar-refractivity contribution in [3.05, 3.63) is 42.2 Å². The Morgan fingerprint density at radius 3 is 2.58 bits per heavy atom. The van der Waals surface area contributed by atoms with Gasteiger partial charge in [-0.1, -0.05) is 44.2 Å². The Morgan fingerprint density at radius 2 is 1.92 bits per heavy atom. The first-order valence-corrected chi connectivity index (χ1v) is 8.37. The summed E-state index contributed by atoms with van der Waals surface area (Å²) in [6.45, 7) is 6.26. The molecule has 3 rings (SSSR count). The average molecular weight is 324 g/mol. The standard InChI is InChI=1S/C19H24N4O/c1-12(2)9-15(11-24)22-19-18-17(20-13(3)21-19)10-16(23-18)14-7-5-4-6-8-14/h4-8,10,12,15,23-24H,9,11H2,1-3H3,(H,20,21,22). The fourth-order valence-electron chi connectivity index (χ4n) is 2.95. The lowest BCUT2D eigenvalue weighted by Crippen LogP contribution is -2.26. The summed E-state index contributed by atoms with van der Waals surface area (Å²) in [4.78, 5) is 12.5. The second-order valence-electron chi connectivity index (χ2n) is 6.58. The van der Waals surface area contributed by atoms with Crippen LogP contribution in [0.5, 0.6) is 0 Å². The SMILES string of the molecule is Cc1nc(NC(CO)CC(C)C)c2[nH]c(-c3ccccc3)cc2n1. The number of rotatable bonds is 6. The topological polar surface area (TPSA) is 73.8 Å². The lowest BCUT2D eigenvalue weighted by atomic mass is 10.0. The molecule has 1 unspecified atom stereocenters. The zero-order valence-corrected chi connectivity index (χ0v) is 14.4. The van der Waals surface area contributed by atoms with Crippen LogP contribution in [0.4, 0.5) is 5.82 Å². The molecule has 0 amide bonds. The van der Waals surface area contributed by atoms with Crippen LogP contribution in [0.3, 0.4) is 0 Å². The maximum absolute atomic E-state index is 9.64. The van der Waals surface area contributed by atoms with E-state index in [1.54, 1.807) is 0 Å². The molecule has 2 heterocycles. The molecule has 0 aliphatic rings. The van der Waals surface area contributed by atoms with Gasteiger partial charge in [0.15, 0.2) is 5.82 Å². The van der Waals surface area contributed by atoms with E-state index in [1.165, 1.54) is 0 Å². The van der Waals surface area contributed by atoms with Crippen LogP contribution in [0.25, 0.3) is 22.3 Å². The van der Waals surface area contributed by atoms with E-state index in [0.717, 1.165) is 34.5 Å². The smallest absolute Gasteiger partial charge is 0.154 e. The summed E-state index contributed by atoms with van der Waals surface area (Å²) in [6.07, 6.45) is 0.882. The van der Waals surface area contributed by atoms with E-state index in [-0.39, 0.29) is 12.6 Å². The molecule has 5 nitrogen and oxygen atoms in total. The quantitative estimate of drug-likeness (QED) is 0.645. The number of aliphatic hydroxyl groups excluding tert-OH is 1. The van der Waals surface area contributed by atoms with Gasteiger partial charge < -0.3 is 15.4 Å². The van der Waals surface area contributed by atoms with E-state index in [4.69, 9.17) is 0 Å². The van der Waals surface area contributed by atoms with Crippen molar-refractivity contribution in [2.75, 3.05) is 11.9 Å². The summed E-state index contributed by atoms with van der Waals surface area (Å²) < 4.78 is 0. The zero-order chi connectivity index (χ0) is 17.1. The Kier molecular flexibility index (Phi) is 4.81. The Labute approximate surface area is 142 Å². The summed E-state index contributed by atoms with van der Waals surface area (Å²) in [5.74, 6) is 1.96. The van der Waals surface area contributed by atoms with Gasteiger partial charge in [-0.3, -0.25) is 0 Å². The van der Waals surface area contributed by atoms with E-state index >= 15 is 0 Å². The van der Waals surface area contributed by atoms with Gasteiger partial charge in [0.05, 0.1) is 18.2 Å². The molecule has 5 heteroatoms. The minimum absolute atomic E-state index is 0.0222. The monoisotopic (exact) mass is 324 g/mol. The van der Waals surface area contributed by atoms with Crippen molar-refractivity contribution in [1.82, 2.24) is 15.0 Å². The summed E-state index contributed by atoms with van der Waals surface area (Å²) in [7, 11) is 0. The first kappa shape index (κ1) is 16.5. The Bertz CT molecular complexity index is 811. The normalized spacial score (nSPS) is 12.7. The van der Waals surface area contributed by atoms with Crippen LogP contribution in [0.2, 0.25) is 0 Å². The third kappa shape index (κ3) is 3.57. The lowest BCUT2D eigenvalue weighted by molar-refractivity contribution is 0.259. The van der Waals surface area contributed by atoms with Crippen LogP contribution >= 0.6 is 0 Å². The van der Waals surface area contributed by atoms with Crippen molar-refractivity contribution >= 4 is 16.9 Å². The molecule has 0 fully saturated rings. The van der Waals surface area contributed by atoms with Gasteiger partial charge >= 0.3 is 0 Å². The van der Waals surface area contributed by atoms with Crippen molar-refractivity contribution in [3.8, 4) is 11.3 Å². The van der Waals surface area contributed by atoms with E-state index in [0.29, 0.717) is 11.7 Å². The van der Waals surface area contributed by atoms with Crippen LogP contribution < -0.4 is 5.32 Å². The number of benzene rings is 1. The van der Waals surface area contributed by atoms with Gasteiger partial charge in [0.1, 0.15) is 11.3 Å². The second kappa shape index (κ2) is 7.01. The first-order valence-electron chi connectivity index (χ1n) is 8.37. The molecule has 0 aliphatic heterocycles. The maximum Gasteiger partial charge on any atom is 0.154 e. The molecule has 0 spiro atoms. The molecule has 0 aliphatic carbocycles. The van der Waals surface area contributed by atoms with Crippen LogP contribution in [-0.2, 0) is 0 Å². The van der Waals surface area contributed by atoms with Crippen LogP contribution in [-0.4, -0.2) is 32.7 Å². The number of nitrogens with one attached hydrogen (secondary N) is 2. The number of aromatic nitrogens is 3. The van der Waals surface area contributed by atoms with Gasteiger partial charge in [-0.05, 0) is 30.9 Å². The van der Waals surface area contributed by atoms with Crippen LogP contribution in [0.15, 0.2) is 36.4 Å². The number of H-pyrrole nitrogens is 1. The summed E-state index contributed by atoms with van der Waals surface area (Å²) >= 11 is 0. The summed E-state index contributed by atoms with van der Waals surface area (Å²) in [5.41, 5.74) is 3.88. The molecule has 1 atom stereocenters. The number of aryl methyl sites for hydroxylation is 1. The Hall–Kier alpha value is -2.40. The molecule has 0 saturated heterocycles. The predicted molar refractivity (Wildman–Crippen MR) is 98.0 cm³/mol. The highest BCUT2D eigenvalue weighted by molar-refractivity contribution is 5.90. The highest BCUT2D eigenvalue weighted by Gasteiger charge is 2.15. The minimum atomic E-state index is -0.0222. The molecule has 0 radical (unpaired) electrons. The minimum Gasteiger partial charge on any atom is -0.394 e. The van der Waals surface area contributed by atoms with Gasteiger partial charge in [0.25, 0.3) is 0 Å². The van der Waals surface area contributed by atoms with E-state index in [1.807, 2.05) is 31.2 Å². The number of fused-ring (bicyclic) bond motifs is 1. The second-order valence-corrected chi connectivity index (χ2v) is 6.58. The molecule has 3 N–H and O–H groups in total. The third-order valence-corrected chi connectivity index (χ3v) is 3.99. The van der Waals surface area contributed by atoms with E-state index < -0.39 is 0 Å². The molecule has 126 valence electrons. The zero-order valence-electron chi connectivity index (χ0n) is 14.4. The Balaban J connectivity index is 2.00. The van der Waals surface area contributed by atoms with Crippen molar-refractivity contribution in [1.29, 1.82) is 0 Å². The average Bonchev–Trinajstić information content (AvgIpc) is 2.98. The van der Waals surface area contributed by atoms with Crippen molar-refractivity contribution in [3.63, 3.8) is 0 Å². The molecule has 2 aromatic heterocycles. The highest BCUT2D eigenvalue weighted by Crippen LogP contribution is 2.27. The maximum atomic E-state index is 9.64. The highest BCUT2D eigenvalue weighted by atomic mass is 16.3. The molecular formula is C19H24N4O. The fraction of sp³-hybridized carbons (Fsp3) is 0.368. The van der Waals surface area contributed by atoms with Crippen molar-refractivity contribution in [2.45, 2.75) is 33.2 Å². The Morgan fingerprint density at radius 1 is 1.17 bits per heavy atom. The molecule has 0 saturated carbocycles. The molecule has 0 bridgehead atoms. The summed E-state index contributed by atoms with van der Waals surface area (Å²) in [6, 6.07) is 12.2. The molecular weight excluding hydrogens is 300 g/mol. The van der Waals surface area contributed by atoms with Gasteiger partial charge in [0, 0.05) is 5.69 Å². The first-order chi connectivity index (χ1) is 11.6. The number of nitrogens with zero attached hydrogens (tertiary/aromatic N) is 2. The van der Waals surface area contributed by atoms with Gasteiger partial charge in [-0.15, -0.1) is 0 Å². The summed E-state index contributed by atoms with van der Waals surface area (Å²) in [5, 5.41) is 13.0.